The molecule has 1 aromatic carbocycles. The van der Waals surface area contributed by atoms with Crippen LogP contribution in [0, 0.1) is 0 Å². The molecular formula is C15H12BrN. The van der Waals surface area contributed by atoms with Crippen LogP contribution in [-0.2, 0) is 0 Å². The van der Waals surface area contributed by atoms with Crippen molar-refractivity contribution in [1.82, 2.24) is 4.98 Å². The van der Waals surface area contributed by atoms with Crippen molar-refractivity contribution in [3.63, 3.8) is 0 Å². The van der Waals surface area contributed by atoms with Crippen molar-refractivity contribution in [3.8, 4) is 11.3 Å². The number of pyridine rings is 1. The summed E-state index contributed by atoms with van der Waals surface area (Å²) < 4.78 is 1.05. The molecule has 0 saturated carbocycles. The second-order valence-corrected chi connectivity index (χ2v) is 4.56. The van der Waals surface area contributed by atoms with Gasteiger partial charge in [0.15, 0.2) is 0 Å². The Morgan fingerprint density at radius 2 is 2.00 bits per heavy atom. The van der Waals surface area contributed by atoms with E-state index in [2.05, 4.69) is 34.1 Å². The van der Waals surface area contributed by atoms with Crippen molar-refractivity contribution in [2.75, 3.05) is 0 Å². The van der Waals surface area contributed by atoms with E-state index in [4.69, 9.17) is 0 Å². The second-order valence-electron chi connectivity index (χ2n) is 3.65. The first kappa shape index (κ1) is 11.8. The number of benzene rings is 1. The van der Waals surface area contributed by atoms with Gasteiger partial charge in [-0.2, -0.15) is 0 Å². The summed E-state index contributed by atoms with van der Waals surface area (Å²) in [6.07, 6.45) is 3.64. The van der Waals surface area contributed by atoms with Gasteiger partial charge < -0.3 is 0 Å². The Morgan fingerprint density at radius 3 is 2.65 bits per heavy atom. The molecule has 1 nitrogen and oxygen atoms in total. The van der Waals surface area contributed by atoms with E-state index >= 15 is 0 Å². The number of hydrogen-bond acceptors (Lipinski definition) is 1. The third-order valence-corrected chi connectivity index (χ3v) is 2.92. The number of halogens is 1. The van der Waals surface area contributed by atoms with Gasteiger partial charge in [-0.3, -0.25) is 0 Å². The summed E-state index contributed by atoms with van der Waals surface area (Å²) in [5, 5.41) is 1.76. The van der Waals surface area contributed by atoms with Crippen LogP contribution in [0.15, 0.2) is 53.5 Å². The number of hydrogen-bond donors (Lipinski definition) is 0. The van der Waals surface area contributed by atoms with E-state index in [0.717, 1.165) is 26.3 Å². The van der Waals surface area contributed by atoms with Crippen LogP contribution in [-0.4, -0.2) is 4.98 Å². The first-order chi connectivity index (χ1) is 8.20. The summed E-state index contributed by atoms with van der Waals surface area (Å²) >= 11 is 3.45. The molecule has 0 N–H and O–H groups in total. The van der Waals surface area contributed by atoms with Gasteiger partial charge in [-0.15, -0.1) is 0 Å². The lowest BCUT2D eigenvalue weighted by Gasteiger charge is -2.01. The maximum Gasteiger partial charge on any atom is 0.0709 e. The van der Waals surface area contributed by atoms with Crippen molar-refractivity contribution in [3.05, 3.63) is 64.1 Å². The molecule has 0 unspecified atom stereocenters. The Balaban J connectivity index is 2.56. The molecule has 2 rings (SSSR count). The minimum absolute atomic E-state index is 0.766. The highest BCUT2D eigenvalue weighted by Crippen LogP contribution is 2.19. The molecule has 84 valence electrons. The Bertz CT molecular complexity index is 659. The van der Waals surface area contributed by atoms with E-state index in [1.54, 1.807) is 6.08 Å². The molecule has 0 atom stereocenters. The molecule has 0 saturated heterocycles. The zero-order chi connectivity index (χ0) is 12.3. The van der Waals surface area contributed by atoms with Gasteiger partial charge in [0, 0.05) is 10.0 Å². The fourth-order valence-corrected chi connectivity index (χ4v) is 2.00. The van der Waals surface area contributed by atoms with E-state index in [0.29, 0.717) is 0 Å². The van der Waals surface area contributed by atoms with E-state index in [9.17, 15) is 0 Å². The van der Waals surface area contributed by atoms with Gasteiger partial charge >= 0.3 is 0 Å². The summed E-state index contributed by atoms with van der Waals surface area (Å²) in [6.45, 7) is 7.62. The molecule has 0 amide bonds. The van der Waals surface area contributed by atoms with E-state index in [1.807, 2.05) is 42.5 Å². The highest BCUT2D eigenvalue weighted by Gasteiger charge is 1.99. The number of aromatic nitrogens is 1. The van der Waals surface area contributed by atoms with Crippen LogP contribution in [0.4, 0.5) is 0 Å². The van der Waals surface area contributed by atoms with Gasteiger partial charge in [-0.25, -0.2) is 4.98 Å². The predicted octanol–water partition coefficient (Wildman–Crippen LogP) is 2.89. The van der Waals surface area contributed by atoms with Crippen LogP contribution >= 0.6 is 15.9 Å². The minimum atomic E-state index is 0.766. The minimum Gasteiger partial charge on any atom is -0.248 e. The third-order valence-electron chi connectivity index (χ3n) is 2.43. The smallest absolute Gasteiger partial charge is 0.0709 e. The Labute approximate surface area is 109 Å². The van der Waals surface area contributed by atoms with Crippen LogP contribution in [0.25, 0.3) is 23.9 Å². The molecule has 1 aromatic heterocycles. The largest absolute Gasteiger partial charge is 0.248 e. The lowest BCUT2D eigenvalue weighted by Crippen LogP contribution is -2.26. The van der Waals surface area contributed by atoms with Crippen LogP contribution in [0.2, 0.25) is 0 Å². The number of allylic oxidation sites excluding steroid dienone is 1. The van der Waals surface area contributed by atoms with Crippen molar-refractivity contribution in [2.24, 2.45) is 0 Å². The second kappa shape index (κ2) is 5.11. The lowest BCUT2D eigenvalue weighted by molar-refractivity contribution is 1.23. The molecule has 0 fully saturated rings. The lowest BCUT2D eigenvalue weighted by atomic mass is 10.1. The molecule has 0 bridgehead atoms. The Morgan fingerprint density at radius 1 is 1.18 bits per heavy atom. The van der Waals surface area contributed by atoms with Crippen molar-refractivity contribution in [2.45, 2.75) is 0 Å². The average Bonchev–Trinajstić information content (AvgIpc) is 2.32. The molecule has 0 aliphatic carbocycles. The van der Waals surface area contributed by atoms with Crippen LogP contribution in [0.5, 0.6) is 0 Å². The highest BCUT2D eigenvalue weighted by atomic mass is 79.9. The van der Waals surface area contributed by atoms with Gasteiger partial charge in [0.25, 0.3) is 0 Å². The molecule has 0 aliphatic heterocycles. The maximum absolute atomic E-state index is 4.49. The van der Waals surface area contributed by atoms with Gasteiger partial charge in [0.1, 0.15) is 0 Å². The first-order valence-corrected chi connectivity index (χ1v) is 6.05. The van der Waals surface area contributed by atoms with E-state index < -0.39 is 0 Å². The quantitative estimate of drug-likeness (QED) is 0.827. The molecule has 0 radical (unpaired) electrons. The summed E-state index contributed by atoms with van der Waals surface area (Å²) in [4.78, 5) is 4.49. The maximum atomic E-state index is 4.49. The molecule has 1 heterocycles. The zero-order valence-electron chi connectivity index (χ0n) is 9.36. The van der Waals surface area contributed by atoms with E-state index in [-0.39, 0.29) is 0 Å². The Hall–Kier alpha value is -1.67. The van der Waals surface area contributed by atoms with Crippen LogP contribution in [0.3, 0.4) is 0 Å². The van der Waals surface area contributed by atoms with E-state index in [1.165, 1.54) is 0 Å². The van der Waals surface area contributed by atoms with Gasteiger partial charge in [-0.05, 0) is 23.4 Å². The number of nitrogens with zero attached hydrogens (tertiary/aromatic N) is 1. The van der Waals surface area contributed by atoms with Crippen molar-refractivity contribution in [1.29, 1.82) is 0 Å². The molecule has 2 heteroatoms. The predicted molar refractivity (Wildman–Crippen MR) is 76.8 cm³/mol. The average molecular weight is 286 g/mol. The highest BCUT2D eigenvalue weighted by molar-refractivity contribution is 9.10. The van der Waals surface area contributed by atoms with Crippen molar-refractivity contribution >= 4 is 28.6 Å². The molecular weight excluding hydrogens is 274 g/mol. The van der Waals surface area contributed by atoms with Crippen molar-refractivity contribution < 1.29 is 0 Å². The van der Waals surface area contributed by atoms with Gasteiger partial charge in [-0.1, -0.05) is 59.4 Å². The SMILES string of the molecule is C=C/C=c1/ccc(-c2cccc(Br)c2)nc1=C. The summed E-state index contributed by atoms with van der Waals surface area (Å²) in [6, 6.07) is 12.1. The van der Waals surface area contributed by atoms with Crippen LogP contribution < -0.4 is 10.6 Å². The molecule has 2 aromatic rings. The molecule has 17 heavy (non-hydrogen) atoms. The number of rotatable bonds is 2. The normalized spacial score (nSPS) is 11.5. The Kier molecular flexibility index (Phi) is 3.55. The fraction of sp³-hybridized carbons (Fsp3) is 0. The molecule has 0 aliphatic rings. The summed E-state index contributed by atoms with van der Waals surface area (Å²) in [5.41, 5.74) is 2.01. The topological polar surface area (TPSA) is 12.9 Å². The first-order valence-electron chi connectivity index (χ1n) is 5.25. The fourth-order valence-electron chi connectivity index (χ4n) is 1.60. The standard InChI is InChI=1S/C15H12BrN/c1-3-5-12-8-9-15(17-11(12)2)13-6-4-7-14(16)10-13/h3-10H,1-2H2/b12-5-. The summed E-state index contributed by atoms with van der Waals surface area (Å²) in [7, 11) is 0. The summed E-state index contributed by atoms with van der Waals surface area (Å²) in [5.74, 6) is 0. The monoisotopic (exact) mass is 285 g/mol. The van der Waals surface area contributed by atoms with Crippen LogP contribution in [0.1, 0.15) is 0 Å². The van der Waals surface area contributed by atoms with Gasteiger partial charge in [0.2, 0.25) is 0 Å². The third kappa shape index (κ3) is 2.71. The zero-order valence-corrected chi connectivity index (χ0v) is 10.9. The van der Waals surface area contributed by atoms with Gasteiger partial charge in [0.05, 0.1) is 11.0 Å². The molecule has 0 spiro atoms.